The molecule has 122 valence electrons. The van der Waals surface area contributed by atoms with E-state index in [4.69, 9.17) is 4.74 Å². The van der Waals surface area contributed by atoms with E-state index in [1.54, 1.807) is 24.3 Å². The highest BCUT2D eigenvalue weighted by Gasteiger charge is 2.12. The first-order valence-corrected chi connectivity index (χ1v) is 7.97. The van der Waals surface area contributed by atoms with Crippen molar-refractivity contribution in [1.29, 1.82) is 0 Å². The minimum absolute atomic E-state index is 0.122. The summed E-state index contributed by atoms with van der Waals surface area (Å²) in [6, 6.07) is 12.7. The van der Waals surface area contributed by atoms with Gasteiger partial charge in [-0.15, -0.1) is 10.2 Å². The second kappa shape index (κ2) is 6.84. The van der Waals surface area contributed by atoms with Crippen LogP contribution in [-0.4, -0.2) is 22.6 Å². The third-order valence-electron chi connectivity index (χ3n) is 3.42. The van der Waals surface area contributed by atoms with E-state index in [-0.39, 0.29) is 18.2 Å². The van der Waals surface area contributed by atoms with Crippen LogP contribution in [0.4, 0.5) is 5.69 Å². The van der Waals surface area contributed by atoms with E-state index in [9.17, 15) is 9.90 Å². The number of para-hydroxylation sites is 1. The van der Waals surface area contributed by atoms with E-state index in [2.05, 4.69) is 31.1 Å². The summed E-state index contributed by atoms with van der Waals surface area (Å²) in [6.07, 6.45) is 0. The van der Waals surface area contributed by atoms with Gasteiger partial charge in [0.05, 0.1) is 5.52 Å². The number of H-pyrrole nitrogens is 1. The molecule has 2 aromatic carbocycles. The Morgan fingerprint density at radius 1 is 1.29 bits per heavy atom. The largest absolute Gasteiger partial charge is 0.493 e. The average Bonchev–Trinajstić information content (AvgIpc) is 2.88. The number of fused-ring (bicyclic) bond motifs is 1. The fourth-order valence-corrected chi connectivity index (χ4v) is 2.65. The van der Waals surface area contributed by atoms with Crippen molar-refractivity contribution in [2.75, 3.05) is 6.61 Å². The lowest BCUT2D eigenvalue weighted by Gasteiger charge is -2.02. The minimum Gasteiger partial charge on any atom is -0.493 e. The third-order valence-corrected chi connectivity index (χ3v) is 3.91. The molecule has 24 heavy (non-hydrogen) atoms. The molecule has 0 unspecified atom stereocenters. The van der Waals surface area contributed by atoms with Crippen molar-refractivity contribution in [2.24, 2.45) is 10.2 Å². The second-order valence-corrected chi connectivity index (χ2v) is 6.08. The normalized spacial score (nSPS) is 11.2. The van der Waals surface area contributed by atoms with Crippen molar-refractivity contribution in [3.05, 3.63) is 52.5 Å². The molecule has 6 nitrogen and oxygen atoms in total. The van der Waals surface area contributed by atoms with Crippen LogP contribution in [0.3, 0.4) is 0 Å². The molecule has 0 spiro atoms. The molecular formula is C17H14BrN3O3. The Bertz CT molecular complexity index is 934. The van der Waals surface area contributed by atoms with E-state index in [0.717, 1.165) is 15.6 Å². The number of aromatic hydroxyl groups is 1. The fraction of sp³-hybridized carbons (Fsp3) is 0.118. The number of rotatable bonds is 4. The molecule has 0 aliphatic rings. The van der Waals surface area contributed by atoms with E-state index in [1.807, 2.05) is 25.1 Å². The highest BCUT2D eigenvalue weighted by molar-refractivity contribution is 9.10. The smallest absolute Gasteiger partial charge is 0.302 e. The first-order valence-electron chi connectivity index (χ1n) is 7.18. The summed E-state index contributed by atoms with van der Waals surface area (Å²) in [6.45, 7) is 1.68. The van der Waals surface area contributed by atoms with Gasteiger partial charge in [-0.1, -0.05) is 40.2 Å². The van der Waals surface area contributed by atoms with Crippen molar-refractivity contribution in [2.45, 2.75) is 6.92 Å². The van der Waals surface area contributed by atoms with Crippen LogP contribution in [0.1, 0.15) is 5.56 Å². The van der Waals surface area contributed by atoms with Crippen molar-refractivity contribution >= 4 is 38.4 Å². The number of nitrogens with one attached hydrogen (secondary N) is 1. The second-order valence-electron chi connectivity index (χ2n) is 5.16. The van der Waals surface area contributed by atoms with Gasteiger partial charge in [-0.3, -0.25) is 4.79 Å². The fourth-order valence-electron chi connectivity index (χ4n) is 2.27. The molecular weight excluding hydrogens is 374 g/mol. The lowest BCUT2D eigenvalue weighted by atomic mass is 10.1. The molecule has 0 radical (unpaired) electrons. The number of amides is 1. The molecule has 3 rings (SSSR count). The van der Waals surface area contributed by atoms with Crippen LogP contribution in [-0.2, 0) is 4.79 Å². The predicted molar refractivity (Wildman–Crippen MR) is 93.9 cm³/mol. The maximum Gasteiger partial charge on any atom is 0.302 e. The van der Waals surface area contributed by atoms with Crippen LogP contribution in [0.15, 0.2) is 57.2 Å². The van der Waals surface area contributed by atoms with E-state index >= 15 is 0 Å². The van der Waals surface area contributed by atoms with Gasteiger partial charge >= 0.3 is 5.91 Å². The van der Waals surface area contributed by atoms with E-state index < -0.39 is 5.91 Å². The lowest BCUT2D eigenvalue weighted by Crippen LogP contribution is -2.07. The number of aromatic amines is 1. The molecule has 3 aromatic rings. The molecule has 0 atom stereocenters. The molecule has 0 aliphatic carbocycles. The quantitative estimate of drug-likeness (QED) is 0.639. The zero-order chi connectivity index (χ0) is 17.1. The molecule has 1 amide bonds. The Balaban J connectivity index is 1.73. The molecule has 0 bridgehead atoms. The summed E-state index contributed by atoms with van der Waals surface area (Å²) >= 11 is 3.32. The van der Waals surface area contributed by atoms with Crippen molar-refractivity contribution in [3.8, 4) is 11.6 Å². The third kappa shape index (κ3) is 3.46. The van der Waals surface area contributed by atoms with Gasteiger partial charge in [0.25, 0.3) is 0 Å². The number of aromatic nitrogens is 1. The molecule has 0 aliphatic heterocycles. The molecule has 1 heterocycles. The van der Waals surface area contributed by atoms with Gasteiger partial charge in [-0.25, -0.2) is 0 Å². The highest BCUT2D eigenvalue weighted by Crippen LogP contribution is 2.36. The van der Waals surface area contributed by atoms with E-state index in [0.29, 0.717) is 11.1 Å². The van der Waals surface area contributed by atoms with Gasteiger partial charge in [0.15, 0.2) is 12.3 Å². The maximum absolute atomic E-state index is 11.8. The predicted octanol–water partition coefficient (Wildman–Crippen LogP) is 4.63. The number of aryl methyl sites for hydroxylation is 1. The number of hydrogen-bond donors (Lipinski definition) is 2. The number of nitrogens with zero attached hydrogens (tertiary/aromatic N) is 2. The van der Waals surface area contributed by atoms with Crippen LogP contribution < -0.4 is 4.74 Å². The average molecular weight is 388 g/mol. The zero-order valence-corrected chi connectivity index (χ0v) is 14.4. The van der Waals surface area contributed by atoms with Gasteiger partial charge in [0.2, 0.25) is 5.88 Å². The molecule has 7 heteroatoms. The Kier molecular flexibility index (Phi) is 4.61. The van der Waals surface area contributed by atoms with E-state index in [1.165, 1.54) is 0 Å². The number of halogens is 1. The summed E-state index contributed by atoms with van der Waals surface area (Å²) in [4.78, 5) is 14.7. The summed E-state index contributed by atoms with van der Waals surface area (Å²) < 4.78 is 6.21. The van der Waals surface area contributed by atoms with Gasteiger partial charge in [0, 0.05) is 9.86 Å². The van der Waals surface area contributed by atoms with Gasteiger partial charge < -0.3 is 14.8 Å². The summed E-state index contributed by atoms with van der Waals surface area (Å²) in [5.41, 5.74) is 1.97. The van der Waals surface area contributed by atoms with Crippen molar-refractivity contribution in [3.63, 3.8) is 0 Å². The molecule has 0 saturated carbocycles. The number of hydrogen-bond acceptors (Lipinski definition) is 4. The summed E-state index contributed by atoms with van der Waals surface area (Å²) in [7, 11) is 0. The zero-order valence-electron chi connectivity index (χ0n) is 12.8. The number of carbonyl (C=O) groups is 1. The topological polar surface area (TPSA) is 87.0 Å². The van der Waals surface area contributed by atoms with Crippen LogP contribution >= 0.6 is 15.9 Å². The van der Waals surface area contributed by atoms with Crippen LogP contribution in [0.5, 0.6) is 11.6 Å². The first kappa shape index (κ1) is 16.2. The van der Waals surface area contributed by atoms with Crippen molar-refractivity contribution < 1.29 is 14.6 Å². The Labute approximate surface area is 146 Å². The van der Waals surface area contributed by atoms with Crippen LogP contribution in [0.2, 0.25) is 0 Å². The molecule has 0 fully saturated rings. The van der Waals surface area contributed by atoms with Crippen LogP contribution in [0, 0.1) is 6.92 Å². The van der Waals surface area contributed by atoms with Gasteiger partial charge in [-0.2, -0.15) is 0 Å². The number of azo groups is 1. The maximum atomic E-state index is 11.8. The Morgan fingerprint density at radius 2 is 2.08 bits per heavy atom. The Morgan fingerprint density at radius 3 is 2.88 bits per heavy atom. The van der Waals surface area contributed by atoms with Gasteiger partial charge in [0.1, 0.15) is 5.75 Å². The highest BCUT2D eigenvalue weighted by atomic mass is 79.9. The molecule has 1 aromatic heterocycles. The standard InChI is InChI=1S/C17H14BrN3O3/c1-10-4-2-7-13-15(10)19-17(23)16(13)21-20-14(22)9-24-12-6-3-5-11(18)8-12/h2-8,19,23H,9H2,1H3. The Hall–Kier alpha value is -2.67. The number of carbonyl (C=O) groups excluding carboxylic acids is 1. The summed E-state index contributed by atoms with van der Waals surface area (Å²) in [5, 5.41) is 18.1. The van der Waals surface area contributed by atoms with Crippen LogP contribution in [0.25, 0.3) is 10.9 Å². The van der Waals surface area contributed by atoms with Gasteiger partial charge in [-0.05, 0) is 30.7 Å². The lowest BCUT2D eigenvalue weighted by molar-refractivity contribution is -0.120. The minimum atomic E-state index is -0.545. The summed E-state index contributed by atoms with van der Waals surface area (Å²) in [5.74, 6) is -0.112. The number of benzene rings is 2. The molecule has 2 N–H and O–H groups in total. The molecule has 0 saturated heterocycles. The number of ether oxygens (including phenoxy) is 1. The first-order chi connectivity index (χ1) is 11.5. The van der Waals surface area contributed by atoms with Crippen molar-refractivity contribution in [1.82, 2.24) is 4.98 Å². The monoisotopic (exact) mass is 387 g/mol. The SMILES string of the molecule is Cc1cccc2c(N=NC(=O)COc3cccc(Br)c3)c(O)[nH]c12.